The molecule has 0 saturated carbocycles. The van der Waals surface area contributed by atoms with E-state index in [0.717, 1.165) is 6.42 Å². The number of carbonyl (C=O) groups is 2. The van der Waals surface area contributed by atoms with Gasteiger partial charge >= 0.3 is 0 Å². The summed E-state index contributed by atoms with van der Waals surface area (Å²) in [6.45, 7) is 10.7. The van der Waals surface area contributed by atoms with Gasteiger partial charge in [0.25, 0.3) is 5.91 Å². The lowest BCUT2D eigenvalue weighted by Crippen LogP contribution is -2.50. The molecular formula is C26H34Cl2N2O3. The van der Waals surface area contributed by atoms with E-state index in [0.29, 0.717) is 34.3 Å². The Bertz CT molecular complexity index is 919. The zero-order chi connectivity index (χ0) is 24.6. The molecule has 7 heteroatoms. The molecule has 1 atom stereocenters. The maximum absolute atomic E-state index is 13.3. The number of hydrogen-bond acceptors (Lipinski definition) is 3. The average Bonchev–Trinajstić information content (AvgIpc) is 2.77. The minimum Gasteiger partial charge on any atom is -0.484 e. The highest BCUT2D eigenvalue weighted by Gasteiger charge is 2.30. The lowest BCUT2D eigenvalue weighted by Gasteiger charge is -2.31. The summed E-state index contributed by atoms with van der Waals surface area (Å²) in [5.74, 6) is 0.0744. The fourth-order valence-electron chi connectivity index (χ4n) is 3.42. The largest absolute Gasteiger partial charge is 0.484 e. The number of amides is 2. The van der Waals surface area contributed by atoms with Crippen molar-refractivity contribution in [1.29, 1.82) is 0 Å². The van der Waals surface area contributed by atoms with Gasteiger partial charge in [0.1, 0.15) is 11.8 Å². The van der Waals surface area contributed by atoms with Crippen LogP contribution in [0.4, 0.5) is 0 Å². The number of halogens is 2. The van der Waals surface area contributed by atoms with Crippen LogP contribution in [0.3, 0.4) is 0 Å². The first-order chi connectivity index (χ1) is 15.6. The fraction of sp³-hybridized carbons (Fsp3) is 0.462. The van der Waals surface area contributed by atoms with Gasteiger partial charge in [0.15, 0.2) is 6.61 Å². The zero-order valence-electron chi connectivity index (χ0n) is 20.1. The van der Waals surface area contributed by atoms with E-state index in [-0.39, 0.29) is 30.4 Å². The third kappa shape index (κ3) is 7.65. The third-order valence-electron chi connectivity index (χ3n) is 5.41. The van der Waals surface area contributed by atoms with E-state index in [1.54, 1.807) is 18.2 Å². The molecule has 0 aliphatic rings. The summed E-state index contributed by atoms with van der Waals surface area (Å²) in [7, 11) is 0. The molecule has 0 bridgehead atoms. The van der Waals surface area contributed by atoms with Crippen LogP contribution in [0.15, 0.2) is 42.5 Å². The lowest BCUT2D eigenvalue weighted by atomic mass is 9.87. The molecule has 0 unspecified atom stereocenters. The van der Waals surface area contributed by atoms with Crippen LogP contribution in [0.5, 0.6) is 5.75 Å². The van der Waals surface area contributed by atoms with Gasteiger partial charge in [-0.25, -0.2) is 0 Å². The molecule has 0 aliphatic carbocycles. The Morgan fingerprint density at radius 1 is 1.03 bits per heavy atom. The van der Waals surface area contributed by atoms with Crippen molar-refractivity contribution >= 4 is 35.0 Å². The van der Waals surface area contributed by atoms with Crippen LogP contribution in [0.25, 0.3) is 0 Å². The highest BCUT2D eigenvalue weighted by atomic mass is 35.5. The molecular weight excluding hydrogens is 459 g/mol. The van der Waals surface area contributed by atoms with Gasteiger partial charge in [-0.15, -0.1) is 0 Å². The molecule has 33 heavy (non-hydrogen) atoms. The summed E-state index contributed by atoms with van der Waals surface area (Å²) in [4.78, 5) is 27.6. The van der Waals surface area contributed by atoms with Gasteiger partial charge < -0.3 is 15.0 Å². The second-order valence-corrected chi connectivity index (χ2v) is 9.81. The predicted octanol–water partition coefficient (Wildman–Crippen LogP) is 6.00. The molecule has 0 saturated heterocycles. The molecule has 5 nitrogen and oxygen atoms in total. The van der Waals surface area contributed by atoms with E-state index in [2.05, 4.69) is 26.1 Å². The Balaban J connectivity index is 2.24. The molecule has 0 aliphatic heterocycles. The lowest BCUT2D eigenvalue weighted by molar-refractivity contribution is -0.143. The normalized spacial score (nSPS) is 12.2. The van der Waals surface area contributed by atoms with Crippen LogP contribution in [-0.4, -0.2) is 35.9 Å². The number of nitrogens with one attached hydrogen (secondary N) is 1. The number of carbonyl (C=O) groups excluding carboxylic acids is 2. The standard InChI is InChI=1S/C26H34Cl2N2O3/c1-6-15-29-25(32)23(7-2)30(16-20-21(27)9-8-10-22(20)28)24(31)17-33-19-13-11-18(12-14-19)26(3,4)5/h8-14,23H,6-7,15-17H2,1-5H3,(H,29,32)/t23-/m1/s1. The smallest absolute Gasteiger partial charge is 0.261 e. The summed E-state index contributed by atoms with van der Waals surface area (Å²) >= 11 is 12.7. The predicted molar refractivity (Wildman–Crippen MR) is 135 cm³/mol. The maximum Gasteiger partial charge on any atom is 0.261 e. The first kappa shape index (κ1) is 27.0. The Morgan fingerprint density at radius 3 is 2.15 bits per heavy atom. The van der Waals surface area contributed by atoms with Gasteiger partial charge in [-0.3, -0.25) is 9.59 Å². The van der Waals surface area contributed by atoms with Crippen LogP contribution >= 0.6 is 23.2 Å². The molecule has 0 fully saturated rings. The van der Waals surface area contributed by atoms with Crippen LogP contribution in [0, 0.1) is 0 Å². The number of benzene rings is 2. The summed E-state index contributed by atoms with van der Waals surface area (Å²) in [6, 6.07) is 12.2. The monoisotopic (exact) mass is 492 g/mol. The highest BCUT2D eigenvalue weighted by molar-refractivity contribution is 6.36. The second-order valence-electron chi connectivity index (χ2n) is 9.00. The molecule has 0 radical (unpaired) electrons. The summed E-state index contributed by atoms with van der Waals surface area (Å²) in [5, 5.41) is 3.78. The van der Waals surface area contributed by atoms with E-state index >= 15 is 0 Å². The van der Waals surface area contributed by atoms with Crippen LogP contribution in [0.2, 0.25) is 10.0 Å². The van der Waals surface area contributed by atoms with Crippen molar-refractivity contribution in [3.8, 4) is 5.75 Å². The van der Waals surface area contributed by atoms with E-state index in [4.69, 9.17) is 27.9 Å². The van der Waals surface area contributed by atoms with Crippen LogP contribution in [-0.2, 0) is 21.5 Å². The van der Waals surface area contributed by atoms with Crippen molar-refractivity contribution < 1.29 is 14.3 Å². The molecule has 0 spiro atoms. The fourth-order valence-corrected chi connectivity index (χ4v) is 3.94. The van der Waals surface area contributed by atoms with Gasteiger partial charge in [-0.2, -0.15) is 0 Å². The number of hydrogen-bond donors (Lipinski definition) is 1. The molecule has 2 aromatic carbocycles. The van der Waals surface area contributed by atoms with E-state index in [1.165, 1.54) is 10.5 Å². The molecule has 2 aromatic rings. The molecule has 0 heterocycles. The summed E-state index contributed by atoms with van der Waals surface area (Å²) in [5.41, 5.74) is 1.81. The number of rotatable bonds is 10. The first-order valence-electron chi connectivity index (χ1n) is 11.3. The Hall–Kier alpha value is -2.24. The van der Waals surface area contributed by atoms with E-state index in [1.807, 2.05) is 38.1 Å². The number of nitrogens with zero attached hydrogens (tertiary/aromatic N) is 1. The SMILES string of the molecule is CCCNC(=O)[C@@H](CC)N(Cc1c(Cl)cccc1Cl)C(=O)COc1ccc(C(C)(C)C)cc1. The van der Waals surface area contributed by atoms with Crippen LogP contribution in [0.1, 0.15) is 58.6 Å². The summed E-state index contributed by atoms with van der Waals surface area (Å²) in [6.07, 6.45) is 1.25. The molecule has 2 rings (SSSR count). The Morgan fingerprint density at radius 2 is 1.64 bits per heavy atom. The van der Waals surface area contributed by atoms with Crippen molar-refractivity contribution in [3.63, 3.8) is 0 Å². The van der Waals surface area contributed by atoms with Gasteiger partial charge in [0, 0.05) is 28.7 Å². The highest BCUT2D eigenvalue weighted by Crippen LogP contribution is 2.27. The number of ether oxygens (including phenoxy) is 1. The zero-order valence-corrected chi connectivity index (χ0v) is 21.6. The van der Waals surface area contributed by atoms with Gasteiger partial charge in [-0.1, -0.05) is 76.0 Å². The van der Waals surface area contributed by atoms with Crippen molar-refractivity contribution in [2.45, 2.75) is 65.5 Å². The minimum atomic E-state index is -0.664. The van der Waals surface area contributed by atoms with E-state index < -0.39 is 6.04 Å². The topological polar surface area (TPSA) is 58.6 Å². The van der Waals surface area contributed by atoms with Gasteiger partial charge in [0.05, 0.1) is 0 Å². The molecule has 180 valence electrons. The Labute approximate surface area is 207 Å². The summed E-state index contributed by atoms with van der Waals surface area (Å²) < 4.78 is 5.78. The Kier molecular flexibility index (Phi) is 10.1. The first-order valence-corrected chi connectivity index (χ1v) is 12.1. The molecule has 2 amide bonds. The average molecular weight is 493 g/mol. The van der Waals surface area contributed by atoms with Crippen molar-refractivity contribution in [1.82, 2.24) is 10.2 Å². The molecule has 1 N–H and O–H groups in total. The van der Waals surface area contributed by atoms with Crippen molar-refractivity contribution in [2.75, 3.05) is 13.2 Å². The van der Waals surface area contributed by atoms with Crippen LogP contribution < -0.4 is 10.1 Å². The van der Waals surface area contributed by atoms with Crippen molar-refractivity contribution in [3.05, 3.63) is 63.6 Å². The maximum atomic E-state index is 13.3. The quantitative estimate of drug-likeness (QED) is 0.442. The van der Waals surface area contributed by atoms with Gasteiger partial charge in [0.2, 0.25) is 5.91 Å². The van der Waals surface area contributed by atoms with Crippen molar-refractivity contribution in [2.24, 2.45) is 0 Å². The minimum absolute atomic E-state index is 0.0273. The second kappa shape index (κ2) is 12.3. The third-order valence-corrected chi connectivity index (χ3v) is 6.12. The van der Waals surface area contributed by atoms with Gasteiger partial charge in [-0.05, 0) is 48.1 Å². The van der Waals surface area contributed by atoms with E-state index in [9.17, 15) is 9.59 Å². The molecule has 0 aromatic heterocycles.